The number of nitrogens with one attached hydrogen (secondary N) is 1. The molecule has 1 aliphatic rings. The van der Waals surface area contributed by atoms with Crippen molar-refractivity contribution in [2.24, 2.45) is 0 Å². The summed E-state index contributed by atoms with van der Waals surface area (Å²) in [5, 5.41) is 3.71. The highest BCUT2D eigenvalue weighted by atomic mass is 35.5. The minimum absolute atomic E-state index is 0.504. The van der Waals surface area contributed by atoms with Crippen LogP contribution in [0.2, 0.25) is 5.02 Å². The fourth-order valence-corrected chi connectivity index (χ4v) is 5.36. The van der Waals surface area contributed by atoms with Gasteiger partial charge in [0.25, 0.3) is 0 Å². The molecule has 1 saturated heterocycles. The average Bonchev–Trinajstić information content (AvgIpc) is 3.56. The number of H-pyrrole nitrogens is 1. The Balaban J connectivity index is 1.20. The van der Waals surface area contributed by atoms with Crippen molar-refractivity contribution in [1.29, 1.82) is 0 Å². The van der Waals surface area contributed by atoms with E-state index in [2.05, 4.69) is 40.2 Å². The summed E-state index contributed by atoms with van der Waals surface area (Å²) in [5.74, 6) is 1.60. The lowest BCUT2D eigenvalue weighted by atomic mass is 10.1. The number of thiazole rings is 1. The van der Waals surface area contributed by atoms with Crippen molar-refractivity contribution >= 4 is 39.7 Å². The van der Waals surface area contributed by atoms with E-state index in [-0.39, 0.29) is 0 Å². The van der Waals surface area contributed by atoms with Crippen molar-refractivity contribution in [3.8, 4) is 17.3 Å². The molecule has 182 valence electrons. The van der Waals surface area contributed by atoms with Gasteiger partial charge in [0.05, 0.1) is 29.3 Å². The SMILES string of the molecule is Clc1ccc(OCc2ccccc2)c(Cc2nc(-c3nc4ccc(N5CCOCC5)cc4[nH]3)cs2)c1. The minimum atomic E-state index is 0.504. The molecule has 6 rings (SSSR count). The number of anilines is 1. The first-order chi connectivity index (χ1) is 17.7. The number of fused-ring (bicyclic) bond motifs is 1. The van der Waals surface area contributed by atoms with Crippen LogP contribution in [-0.2, 0) is 17.8 Å². The van der Waals surface area contributed by atoms with Gasteiger partial charge in [-0.1, -0.05) is 41.9 Å². The molecular formula is C28H25ClN4O2S. The van der Waals surface area contributed by atoms with Crippen molar-refractivity contribution in [1.82, 2.24) is 15.0 Å². The Hall–Kier alpha value is -3.39. The lowest BCUT2D eigenvalue weighted by molar-refractivity contribution is 0.122. The first kappa shape index (κ1) is 23.0. The predicted octanol–water partition coefficient (Wildman–Crippen LogP) is 6.35. The summed E-state index contributed by atoms with van der Waals surface area (Å²) in [6.07, 6.45) is 0.636. The summed E-state index contributed by atoms with van der Waals surface area (Å²) in [7, 11) is 0. The molecule has 3 heterocycles. The number of hydrogen-bond donors (Lipinski definition) is 1. The van der Waals surface area contributed by atoms with E-state index in [1.54, 1.807) is 11.3 Å². The molecule has 0 radical (unpaired) electrons. The molecule has 0 bridgehead atoms. The van der Waals surface area contributed by atoms with Gasteiger partial charge in [0.1, 0.15) is 18.1 Å². The fourth-order valence-electron chi connectivity index (χ4n) is 4.36. The van der Waals surface area contributed by atoms with Crippen LogP contribution in [0.4, 0.5) is 5.69 Å². The zero-order valence-corrected chi connectivity index (χ0v) is 21.2. The maximum Gasteiger partial charge on any atom is 0.158 e. The number of aromatic amines is 1. The highest BCUT2D eigenvalue weighted by Crippen LogP contribution is 2.30. The van der Waals surface area contributed by atoms with Crippen molar-refractivity contribution in [2.45, 2.75) is 13.0 Å². The molecule has 1 aliphatic heterocycles. The van der Waals surface area contributed by atoms with Gasteiger partial charge in [-0.2, -0.15) is 0 Å². The van der Waals surface area contributed by atoms with Crippen LogP contribution in [0.3, 0.4) is 0 Å². The smallest absolute Gasteiger partial charge is 0.158 e. The second kappa shape index (κ2) is 10.3. The van der Waals surface area contributed by atoms with Gasteiger partial charge >= 0.3 is 0 Å². The quantitative estimate of drug-likeness (QED) is 0.273. The lowest BCUT2D eigenvalue weighted by Gasteiger charge is -2.28. The second-order valence-electron chi connectivity index (χ2n) is 8.72. The Kier molecular flexibility index (Phi) is 6.59. The first-order valence-corrected chi connectivity index (χ1v) is 13.2. The Morgan fingerprint density at radius 1 is 1.00 bits per heavy atom. The molecule has 1 N–H and O–H groups in total. The number of benzene rings is 3. The van der Waals surface area contributed by atoms with Crippen LogP contribution in [0.15, 0.2) is 72.1 Å². The maximum absolute atomic E-state index is 6.32. The van der Waals surface area contributed by atoms with E-state index in [9.17, 15) is 0 Å². The monoisotopic (exact) mass is 516 g/mol. The Bertz CT molecular complexity index is 1480. The third kappa shape index (κ3) is 5.09. The fraction of sp³-hybridized carbons (Fsp3) is 0.214. The summed E-state index contributed by atoms with van der Waals surface area (Å²) >= 11 is 7.93. The Labute approximate surface area is 218 Å². The number of aromatic nitrogens is 3. The molecule has 3 aromatic carbocycles. The third-order valence-corrected chi connectivity index (χ3v) is 7.32. The standard InChI is InChI=1S/C28H25ClN4O2S/c29-21-6-9-26(35-17-19-4-2-1-3-5-19)20(14-21)15-27-30-25(18-36-27)28-31-23-8-7-22(16-24(23)32-28)33-10-12-34-13-11-33/h1-9,14,16,18H,10-13,15,17H2,(H,31,32). The number of rotatable bonds is 7. The van der Waals surface area contributed by atoms with Crippen molar-refractivity contribution in [3.63, 3.8) is 0 Å². The number of morpholine rings is 1. The summed E-state index contributed by atoms with van der Waals surface area (Å²) in [5.41, 5.74) is 6.10. The number of hydrogen-bond acceptors (Lipinski definition) is 6. The van der Waals surface area contributed by atoms with E-state index in [1.807, 2.05) is 41.8 Å². The molecule has 5 aromatic rings. The van der Waals surface area contributed by atoms with Crippen LogP contribution < -0.4 is 9.64 Å². The van der Waals surface area contributed by atoms with Crippen molar-refractivity contribution < 1.29 is 9.47 Å². The molecule has 0 amide bonds. The normalized spacial score (nSPS) is 13.9. The van der Waals surface area contributed by atoms with Crippen LogP contribution in [0, 0.1) is 0 Å². The first-order valence-electron chi connectivity index (χ1n) is 11.9. The van der Waals surface area contributed by atoms with Gasteiger partial charge in [0.2, 0.25) is 0 Å². The van der Waals surface area contributed by atoms with E-state index in [0.717, 1.165) is 70.7 Å². The minimum Gasteiger partial charge on any atom is -0.489 e. The van der Waals surface area contributed by atoms with Gasteiger partial charge in [0.15, 0.2) is 5.82 Å². The van der Waals surface area contributed by atoms with E-state index in [0.29, 0.717) is 18.1 Å². The molecule has 0 saturated carbocycles. The summed E-state index contributed by atoms with van der Waals surface area (Å²) < 4.78 is 11.6. The molecule has 1 fully saturated rings. The van der Waals surface area contributed by atoms with Crippen LogP contribution in [-0.4, -0.2) is 41.3 Å². The molecule has 36 heavy (non-hydrogen) atoms. The molecule has 0 unspecified atom stereocenters. The van der Waals surface area contributed by atoms with Crippen LogP contribution in [0.1, 0.15) is 16.1 Å². The van der Waals surface area contributed by atoms with E-state index in [4.69, 9.17) is 31.0 Å². The zero-order valence-electron chi connectivity index (χ0n) is 19.6. The number of ether oxygens (including phenoxy) is 2. The number of imidazole rings is 1. The van der Waals surface area contributed by atoms with Gasteiger partial charge in [-0.25, -0.2) is 9.97 Å². The Morgan fingerprint density at radius 2 is 1.86 bits per heavy atom. The van der Waals surface area contributed by atoms with Gasteiger partial charge < -0.3 is 19.4 Å². The van der Waals surface area contributed by atoms with Gasteiger partial charge in [0, 0.05) is 41.2 Å². The Morgan fingerprint density at radius 3 is 2.72 bits per heavy atom. The van der Waals surface area contributed by atoms with Crippen LogP contribution >= 0.6 is 22.9 Å². The van der Waals surface area contributed by atoms with Crippen molar-refractivity contribution in [3.05, 3.63) is 93.3 Å². The molecule has 6 nitrogen and oxygen atoms in total. The highest BCUT2D eigenvalue weighted by Gasteiger charge is 2.15. The second-order valence-corrected chi connectivity index (χ2v) is 10.1. The topological polar surface area (TPSA) is 63.3 Å². The summed E-state index contributed by atoms with van der Waals surface area (Å²) in [6, 6.07) is 22.2. The lowest BCUT2D eigenvalue weighted by Crippen LogP contribution is -2.36. The molecule has 0 spiro atoms. The zero-order chi connectivity index (χ0) is 24.3. The molecular weight excluding hydrogens is 492 g/mol. The van der Waals surface area contributed by atoms with E-state index in [1.165, 1.54) is 5.69 Å². The van der Waals surface area contributed by atoms with Crippen LogP contribution in [0.25, 0.3) is 22.6 Å². The third-order valence-electron chi connectivity index (χ3n) is 6.24. The summed E-state index contributed by atoms with van der Waals surface area (Å²) in [6.45, 7) is 3.84. The maximum atomic E-state index is 6.32. The number of halogens is 1. The predicted molar refractivity (Wildman–Crippen MR) is 145 cm³/mol. The van der Waals surface area contributed by atoms with Crippen molar-refractivity contribution in [2.75, 3.05) is 31.2 Å². The van der Waals surface area contributed by atoms with E-state index >= 15 is 0 Å². The molecule has 2 aromatic heterocycles. The number of nitrogens with zero attached hydrogens (tertiary/aromatic N) is 3. The van der Waals surface area contributed by atoms with Gasteiger partial charge in [-0.3, -0.25) is 0 Å². The molecule has 0 aliphatic carbocycles. The van der Waals surface area contributed by atoms with Gasteiger partial charge in [-0.15, -0.1) is 11.3 Å². The van der Waals surface area contributed by atoms with Crippen LogP contribution in [0.5, 0.6) is 5.75 Å². The largest absolute Gasteiger partial charge is 0.489 e. The summed E-state index contributed by atoms with van der Waals surface area (Å²) in [4.78, 5) is 15.5. The van der Waals surface area contributed by atoms with E-state index < -0.39 is 0 Å². The average molecular weight is 517 g/mol. The molecule has 0 atom stereocenters. The van der Waals surface area contributed by atoms with Gasteiger partial charge in [-0.05, 0) is 42.0 Å². The highest BCUT2D eigenvalue weighted by molar-refractivity contribution is 7.10. The molecule has 8 heteroatoms.